The van der Waals surface area contributed by atoms with Gasteiger partial charge in [-0.25, -0.2) is 0 Å². The molecule has 6 nitrogen and oxygen atoms in total. The van der Waals surface area contributed by atoms with Gasteiger partial charge in [0.05, 0.1) is 0 Å². The van der Waals surface area contributed by atoms with E-state index < -0.39 is 29.6 Å². The van der Waals surface area contributed by atoms with E-state index in [-0.39, 0.29) is 19.3 Å². The average Bonchev–Trinajstić information content (AvgIpc) is 3.22. The van der Waals surface area contributed by atoms with Crippen molar-refractivity contribution in [1.82, 2.24) is 0 Å². The lowest BCUT2D eigenvalue weighted by molar-refractivity contribution is -0.250. The van der Waals surface area contributed by atoms with Crippen molar-refractivity contribution >= 4 is 17.9 Å². The van der Waals surface area contributed by atoms with Crippen LogP contribution >= 0.6 is 0 Å². The number of ether oxygens (including phenoxy) is 2. The number of carbonyl (C=O) groups excluding carboxylic acids is 2. The normalized spacial score (nSPS) is 12.7. The minimum absolute atomic E-state index is 0.194. The number of carboxylic acids is 1. The quantitative estimate of drug-likeness (QED) is 0.0285. The van der Waals surface area contributed by atoms with Crippen molar-refractivity contribution in [1.29, 1.82) is 0 Å². The molecule has 59 heavy (non-hydrogen) atoms. The summed E-state index contributed by atoms with van der Waals surface area (Å²) in [6, 6.07) is 0. The summed E-state index contributed by atoms with van der Waals surface area (Å²) in [4.78, 5) is 39.0. The fraction of sp³-hybridized carbons (Fsp3) is 0.792. The van der Waals surface area contributed by atoms with Gasteiger partial charge in [0.2, 0.25) is 0 Å². The van der Waals surface area contributed by atoms with Gasteiger partial charge in [-0.3, -0.25) is 14.4 Å². The van der Waals surface area contributed by atoms with Crippen molar-refractivity contribution in [2.24, 2.45) is 5.92 Å². The summed E-state index contributed by atoms with van der Waals surface area (Å²) >= 11 is 0. The molecule has 0 saturated carbocycles. The fourth-order valence-corrected chi connectivity index (χ4v) is 7.39. The lowest BCUT2D eigenvalue weighted by atomic mass is 9.93. The van der Waals surface area contributed by atoms with Crippen molar-refractivity contribution in [3.63, 3.8) is 0 Å². The van der Waals surface area contributed by atoms with Crippen LogP contribution in [0, 0.1) is 5.92 Å². The Morgan fingerprint density at radius 1 is 0.424 bits per heavy atom. The SMILES string of the molecule is CCCCC/C=C\C/C=C\CCCCCCCC(=O)OC(CCCCCCCCCCCCC)(OC(=O)CCCCCCC/C=C\C/C=C\CCCCC)C(C)C(=O)O. The number of esters is 2. The second kappa shape index (κ2) is 43.5. The van der Waals surface area contributed by atoms with Gasteiger partial charge >= 0.3 is 17.9 Å². The van der Waals surface area contributed by atoms with E-state index in [1.165, 1.54) is 103 Å². The fourth-order valence-electron chi connectivity index (χ4n) is 7.39. The Balaban J connectivity index is 4.92. The second-order valence-corrected chi connectivity index (χ2v) is 17.1. The zero-order chi connectivity index (χ0) is 43.3. The van der Waals surface area contributed by atoms with Crippen LogP contribution in [0.5, 0.6) is 0 Å². The second-order valence-electron chi connectivity index (χ2n) is 17.1. The summed E-state index contributed by atoms with van der Waals surface area (Å²) < 4.78 is 12.0. The maximum atomic E-state index is 13.3. The molecule has 0 saturated heterocycles. The minimum atomic E-state index is -1.78. The summed E-state index contributed by atoms with van der Waals surface area (Å²) in [6.07, 6.45) is 55.3. The van der Waals surface area contributed by atoms with Crippen LogP contribution < -0.4 is 0 Å². The molecule has 6 heteroatoms. The Labute approximate surface area is 364 Å². The monoisotopic (exact) mass is 827 g/mol. The van der Waals surface area contributed by atoms with E-state index in [4.69, 9.17) is 9.47 Å². The van der Waals surface area contributed by atoms with E-state index in [1.54, 1.807) is 0 Å². The first-order chi connectivity index (χ1) is 28.8. The van der Waals surface area contributed by atoms with E-state index >= 15 is 0 Å². The van der Waals surface area contributed by atoms with Gasteiger partial charge in [0.15, 0.2) is 0 Å². The number of hydrogen-bond acceptors (Lipinski definition) is 5. The highest BCUT2D eigenvalue weighted by Gasteiger charge is 2.47. The van der Waals surface area contributed by atoms with Gasteiger partial charge in [0.1, 0.15) is 5.92 Å². The van der Waals surface area contributed by atoms with Crippen LogP contribution in [-0.2, 0) is 23.9 Å². The minimum Gasteiger partial charge on any atom is -0.481 e. The molecule has 1 unspecified atom stereocenters. The number of allylic oxidation sites excluding steroid dienone is 8. The molecule has 0 aromatic rings. The van der Waals surface area contributed by atoms with Crippen LogP contribution in [0.4, 0.5) is 0 Å². The van der Waals surface area contributed by atoms with Crippen molar-refractivity contribution < 1.29 is 29.0 Å². The molecule has 1 atom stereocenters. The Kier molecular flexibility index (Phi) is 41.5. The summed E-state index contributed by atoms with van der Waals surface area (Å²) in [5.41, 5.74) is 0. The molecule has 0 aliphatic carbocycles. The molecule has 0 bridgehead atoms. The maximum Gasteiger partial charge on any atom is 0.314 e. The molecule has 342 valence electrons. The summed E-state index contributed by atoms with van der Waals surface area (Å²) in [5.74, 6) is -5.02. The zero-order valence-corrected chi connectivity index (χ0v) is 39.1. The molecule has 0 amide bonds. The number of unbranched alkanes of at least 4 members (excludes halogenated alkanes) is 26. The van der Waals surface area contributed by atoms with Crippen molar-refractivity contribution in [2.45, 2.75) is 265 Å². The van der Waals surface area contributed by atoms with E-state index in [0.717, 1.165) is 96.3 Å². The topological polar surface area (TPSA) is 89.9 Å². The van der Waals surface area contributed by atoms with Crippen LogP contribution in [0.25, 0.3) is 0 Å². The first-order valence-corrected chi connectivity index (χ1v) is 25.1. The third-order valence-corrected chi connectivity index (χ3v) is 11.4. The molecule has 0 rings (SSSR count). The third kappa shape index (κ3) is 36.9. The van der Waals surface area contributed by atoms with Crippen LogP contribution in [0.2, 0.25) is 0 Å². The Bertz CT molecular complexity index is 1030. The molecule has 1 N–H and O–H groups in total. The number of rotatable bonds is 44. The summed E-state index contributed by atoms with van der Waals surface area (Å²) in [6.45, 7) is 8.22. The van der Waals surface area contributed by atoms with Gasteiger partial charge < -0.3 is 14.6 Å². The predicted octanol–water partition coefficient (Wildman–Crippen LogP) is 16.8. The third-order valence-electron chi connectivity index (χ3n) is 11.4. The predicted molar refractivity (Wildman–Crippen MR) is 252 cm³/mol. The maximum absolute atomic E-state index is 13.3. The van der Waals surface area contributed by atoms with Crippen LogP contribution in [0.3, 0.4) is 0 Å². The molecule has 0 heterocycles. The lowest BCUT2D eigenvalue weighted by Crippen LogP contribution is -2.48. The molecule has 0 fully saturated rings. The Morgan fingerprint density at radius 3 is 1.07 bits per heavy atom. The summed E-state index contributed by atoms with van der Waals surface area (Å²) in [5, 5.41) is 10.2. The molecular formula is C53H94O6. The zero-order valence-electron chi connectivity index (χ0n) is 39.1. The summed E-state index contributed by atoms with van der Waals surface area (Å²) in [7, 11) is 0. The van der Waals surface area contributed by atoms with E-state index in [1.807, 2.05) is 0 Å². The highest BCUT2D eigenvalue weighted by Crippen LogP contribution is 2.33. The van der Waals surface area contributed by atoms with E-state index in [0.29, 0.717) is 19.3 Å². The first kappa shape index (κ1) is 56.4. The molecule has 0 aliphatic heterocycles. The van der Waals surface area contributed by atoms with Gasteiger partial charge in [-0.05, 0) is 90.4 Å². The molecule has 0 aromatic heterocycles. The number of carbonyl (C=O) groups is 3. The largest absolute Gasteiger partial charge is 0.481 e. The smallest absolute Gasteiger partial charge is 0.314 e. The number of aliphatic carboxylic acids is 1. The van der Waals surface area contributed by atoms with Crippen molar-refractivity contribution in [3.8, 4) is 0 Å². The van der Waals surface area contributed by atoms with Gasteiger partial charge in [0.25, 0.3) is 5.79 Å². The Morgan fingerprint density at radius 2 is 0.712 bits per heavy atom. The number of hydrogen-bond donors (Lipinski definition) is 1. The highest BCUT2D eigenvalue weighted by molar-refractivity contribution is 5.76. The van der Waals surface area contributed by atoms with Gasteiger partial charge in [-0.1, -0.05) is 198 Å². The van der Waals surface area contributed by atoms with Gasteiger partial charge in [-0.15, -0.1) is 0 Å². The Hall–Kier alpha value is -2.63. The van der Waals surface area contributed by atoms with Crippen LogP contribution in [-0.4, -0.2) is 28.8 Å². The molecular weight excluding hydrogens is 733 g/mol. The van der Waals surface area contributed by atoms with Crippen LogP contribution in [0.1, 0.15) is 259 Å². The standard InChI is InChI=1S/C53H94O6/c1-5-8-11-14-17-20-23-25-27-29-31-34-37-40-43-46-50(54)58-53(49(4)52(56)57,48-45-42-39-36-33-22-19-16-13-10-7-3)59-51(55)47-44-41-38-35-32-30-28-26-24-21-18-15-12-9-6-2/h17-18,20-21,25-28,49H,5-16,19,22-24,29-48H2,1-4H3,(H,56,57)/b20-17-,21-18-,27-25-,28-26-. The van der Waals surface area contributed by atoms with E-state index in [2.05, 4.69) is 69.4 Å². The molecule has 0 radical (unpaired) electrons. The van der Waals surface area contributed by atoms with Gasteiger partial charge in [0, 0.05) is 19.3 Å². The average molecular weight is 827 g/mol. The molecule has 0 spiro atoms. The molecule has 0 aromatic carbocycles. The first-order valence-electron chi connectivity index (χ1n) is 25.1. The number of carboxylic acid groups (broad SMARTS) is 1. The molecule has 0 aliphatic rings. The lowest BCUT2D eigenvalue weighted by Gasteiger charge is -2.36. The van der Waals surface area contributed by atoms with Gasteiger partial charge in [-0.2, -0.15) is 0 Å². The van der Waals surface area contributed by atoms with Crippen molar-refractivity contribution in [3.05, 3.63) is 48.6 Å². The van der Waals surface area contributed by atoms with Crippen molar-refractivity contribution in [2.75, 3.05) is 0 Å². The van der Waals surface area contributed by atoms with Crippen LogP contribution in [0.15, 0.2) is 48.6 Å². The highest BCUT2D eigenvalue weighted by atomic mass is 16.7. The van der Waals surface area contributed by atoms with E-state index in [9.17, 15) is 19.5 Å².